The van der Waals surface area contributed by atoms with Crippen LogP contribution in [0.2, 0.25) is 0 Å². The van der Waals surface area contributed by atoms with Crippen LogP contribution < -0.4 is 9.64 Å². The molecule has 0 N–H and O–H groups in total. The smallest absolute Gasteiger partial charge is 0.260 e. The molecule has 1 aliphatic rings. The standard InChI is InChI=1S/C25H23N5O2/c1-16(2)30-15-26-28-24(30)21-8-6-10-23(27-21)29-14-18-12-11-17(13-20(18)25(29)31)19-7-4-5-9-22(19)32-3/h4-13,15-16H,14H2,1-3H3. The first kappa shape index (κ1) is 19.9. The normalized spacial score (nSPS) is 13.0. The number of hydrogen-bond donors (Lipinski definition) is 0. The van der Waals surface area contributed by atoms with Gasteiger partial charge in [-0.15, -0.1) is 10.2 Å². The first-order chi connectivity index (χ1) is 15.6. The van der Waals surface area contributed by atoms with E-state index in [2.05, 4.69) is 24.0 Å². The molecule has 0 saturated heterocycles. The fraction of sp³-hybridized carbons (Fsp3) is 0.200. The largest absolute Gasteiger partial charge is 0.496 e. The molecule has 2 aromatic carbocycles. The number of ether oxygens (including phenoxy) is 1. The molecule has 1 amide bonds. The second-order valence-corrected chi connectivity index (χ2v) is 8.00. The van der Waals surface area contributed by atoms with Crippen LogP contribution in [0.1, 0.15) is 35.8 Å². The van der Waals surface area contributed by atoms with E-state index in [4.69, 9.17) is 9.72 Å². The number of pyridine rings is 1. The van der Waals surface area contributed by atoms with Crippen molar-refractivity contribution < 1.29 is 9.53 Å². The van der Waals surface area contributed by atoms with Gasteiger partial charge in [0.25, 0.3) is 5.91 Å². The molecule has 3 heterocycles. The summed E-state index contributed by atoms with van der Waals surface area (Å²) in [4.78, 5) is 19.8. The summed E-state index contributed by atoms with van der Waals surface area (Å²) in [5.41, 5.74) is 4.25. The van der Waals surface area contributed by atoms with Crippen LogP contribution in [0, 0.1) is 0 Å². The average molecular weight is 425 g/mol. The second kappa shape index (κ2) is 7.92. The molecule has 2 aromatic heterocycles. The molecule has 0 unspecified atom stereocenters. The Morgan fingerprint density at radius 2 is 1.84 bits per heavy atom. The van der Waals surface area contributed by atoms with E-state index >= 15 is 0 Å². The topological polar surface area (TPSA) is 73.1 Å². The molecule has 0 spiro atoms. The molecule has 0 fully saturated rings. The van der Waals surface area contributed by atoms with E-state index in [0.29, 0.717) is 29.4 Å². The van der Waals surface area contributed by atoms with E-state index in [9.17, 15) is 4.79 Å². The van der Waals surface area contributed by atoms with Gasteiger partial charge in [-0.2, -0.15) is 0 Å². The lowest BCUT2D eigenvalue weighted by molar-refractivity contribution is 0.0996. The van der Waals surface area contributed by atoms with Gasteiger partial charge in [-0.25, -0.2) is 4.98 Å². The van der Waals surface area contributed by atoms with Crippen LogP contribution in [0.15, 0.2) is 67.0 Å². The maximum atomic E-state index is 13.3. The van der Waals surface area contributed by atoms with Crippen molar-refractivity contribution in [3.05, 3.63) is 78.1 Å². The highest BCUT2D eigenvalue weighted by Gasteiger charge is 2.30. The maximum absolute atomic E-state index is 13.3. The quantitative estimate of drug-likeness (QED) is 0.461. The molecule has 0 atom stereocenters. The molecule has 5 rings (SSSR count). The van der Waals surface area contributed by atoms with E-state index in [-0.39, 0.29) is 11.9 Å². The number of carbonyl (C=O) groups excluding carboxylic acids is 1. The molecular weight excluding hydrogens is 402 g/mol. The second-order valence-electron chi connectivity index (χ2n) is 8.00. The Morgan fingerprint density at radius 3 is 2.66 bits per heavy atom. The van der Waals surface area contributed by atoms with Crippen molar-refractivity contribution in [3.8, 4) is 28.4 Å². The predicted octanol–water partition coefficient (Wildman–Crippen LogP) is 4.76. The molecule has 160 valence electrons. The summed E-state index contributed by atoms with van der Waals surface area (Å²) >= 11 is 0. The molecule has 0 aliphatic carbocycles. The summed E-state index contributed by atoms with van der Waals surface area (Å²) in [6.07, 6.45) is 1.70. The highest BCUT2D eigenvalue weighted by atomic mass is 16.5. The van der Waals surface area contributed by atoms with Gasteiger partial charge < -0.3 is 9.30 Å². The number of aromatic nitrogens is 4. The van der Waals surface area contributed by atoms with Gasteiger partial charge in [0.05, 0.1) is 13.7 Å². The van der Waals surface area contributed by atoms with Gasteiger partial charge in [0.15, 0.2) is 5.82 Å². The van der Waals surface area contributed by atoms with Crippen LogP contribution in [0.5, 0.6) is 5.75 Å². The summed E-state index contributed by atoms with van der Waals surface area (Å²) in [5.74, 6) is 2.00. The minimum atomic E-state index is -0.0632. The Morgan fingerprint density at radius 1 is 1.00 bits per heavy atom. The number of carbonyl (C=O) groups is 1. The predicted molar refractivity (Wildman–Crippen MR) is 123 cm³/mol. The molecular formula is C25H23N5O2. The Kier molecular flexibility index (Phi) is 4.93. The first-order valence-corrected chi connectivity index (χ1v) is 10.5. The Hall–Kier alpha value is -4.00. The summed E-state index contributed by atoms with van der Waals surface area (Å²) in [7, 11) is 1.65. The monoisotopic (exact) mass is 425 g/mol. The average Bonchev–Trinajstić information content (AvgIpc) is 3.44. The lowest BCUT2D eigenvalue weighted by Crippen LogP contribution is -2.24. The highest BCUT2D eigenvalue weighted by Crippen LogP contribution is 2.35. The number of amides is 1. The number of hydrogen-bond acceptors (Lipinski definition) is 5. The zero-order chi connectivity index (χ0) is 22.2. The number of anilines is 1. The van der Waals surface area contributed by atoms with Gasteiger partial charge in [0, 0.05) is 17.2 Å². The summed E-state index contributed by atoms with van der Waals surface area (Å²) in [6.45, 7) is 4.61. The third kappa shape index (κ3) is 3.32. The van der Waals surface area contributed by atoms with Crippen molar-refractivity contribution in [2.75, 3.05) is 12.0 Å². The van der Waals surface area contributed by atoms with Crippen molar-refractivity contribution >= 4 is 11.7 Å². The van der Waals surface area contributed by atoms with E-state index in [1.54, 1.807) is 18.3 Å². The summed E-state index contributed by atoms with van der Waals surface area (Å²) in [5, 5.41) is 8.26. The molecule has 7 nitrogen and oxygen atoms in total. The maximum Gasteiger partial charge on any atom is 0.260 e. The minimum absolute atomic E-state index is 0.0632. The molecule has 4 aromatic rings. The van der Waals surface area contributed by atoms with E-state index in [0.717, 1.165) is 22.4 Å². The molecule has 0 radical (unpaired) electrons. The van der Waals surface area contributed by atoms with Crippen molar-refractivity contribution in [1.29, 1.82) is 0 Å². The van der Waals surface area contributed by atoms with Crippen LogP contribution in [0.25, 0.3) is 22.6 Å². The fourth-order valence-corrected chi connectivity index (χ4v) is 4.04. The van der Waals surface area contributed by atoms with Crippen molar-refractivity contribution in [2.45, 2.75) is 26.4 Å². The van der Waals surface area contributed by atoms with Crippen LogP contribution in [0.3, 0.4) is 0 Å². The third-order valence-corrected chi connectivity index (χ3v) is 5.70. The summed E-state index contributed by atoms with van der Waals surface area (Å²) < 4.78 is 7.46. The van der Waals surface area contributed by atoms with E-state index in [1.807, 2.05) is 65.2 Å². The van der Waals surface area contributed by atoms with Crippen LogP contribution >= 0.6 is 0 Å². The minimum Gasteiger partial charge on any atom is -0.496 e. The van der Waals surface area contributed by atoms with Crippen molar-refractivity contribution in [1.82, 2.24) is 19.7 Å². The van der Waals surface area contributed by atoms with Crippen molar-refractivity contribution in [2.24, 2.45) is 0 Å². The third-order valence-electron chi connectivity index (χ3n) is 5.70. The van der Waals surface area contributed by atoms with Crippen LogP contribution in [-0.4, -0.2) is 32.8 Å². The zero-order valence-corrected chi connectivity index (χ0v) is 18.2. The number of nitrogens with zero attached hydrogens (tertiary/aromatic N) is 5. The number of para-hydroxylation sites is 1. The summed E-state index contributed by atoms with van der Waals surface area (Å²) in [6, 6.07) is 19.6. The van der Waals surface area contributed by atoms with E-state index < -0.39 is 0 Å². The number of methoxy groups -OCH3 is 1. The Balaban J connectivity index is 1.49. The van der Waals surface area contributed by atoms with Gasteiger partial charge in [-0.05, 0) is 49.2 Å². The molecule has 7 heteroatoms. The lowest BCUT2D eigenvalue weighted by Gasteiger charge is -2.16. The number of rotatable bonds is 5. The Labute approximate surface area is 186 Å². The van der Waals surface area contributed by atoms with E-state index in [1.165, 1.54) is 0 Å². The van der Waals surface area contributed by atoms with Crippen LogP contribution in [-0.2, 0) is 6.54 Å². The van der Waals surface area contributed by atoms with Gasteiger partial charge >= 0.3 is 0 Å². The molecule has 0 saturated carbocycles. The van der Waals surface area contributed by atoms with Gasteiger partial charge in [0.1, 0.15) is 23.6 Å². The van der Waals surface area contributed by atoms with Crippen molar-refractivity contribution in [3.63, 3.8) is 0 Å². The first-order valence-electron chi connectivity index (χ1n) is 10.5. The van der Waals surface area contributed by atoms with Gasteiger partial charge in [0.2, 0.25) is 0 Å². The van der Waals surface area contributed by atoms with Crippen LogP contribution in [0.4, 0.5) is 5.82 Å². The fourth-order valence-electron chi connectivity index (χ4n) is 4.04. The number of fused-ring (bicyclic) bond motifs is 1. The Bertz CT molecular complexity index is 1310. The van der Waals surface area contributed by atoms with Gasteiger partial charge in [-0.1, -0.05) is 36.4 Å². The molecule has 0 bridgehead atoms. The molecule has 1 aliphatic heterocycles. The lowest BCUT2D eigenvalue weighted by atomic mass is 10.00. The van der Waals surface area contributed by atoms with Gasteiger partial charge in [-0.3, -0.25) is 9.69 Å². The SMILES string of the molecule is COc1ccccc1-c1ccc2c(c1)C(=O)N(c1cccc(-c3nncn3C(C)C)n1)C2. The molecule has 32 heavy (non-hydrogen) atoms. The zero-order valence-electron chi connectivity index (χ0n) is 18.2. The highest BCUT2D eigenvalue weighted by molar-refractivity contribution is 6.10. The number of benzene rings is 2.